The van der Waals surface area contributed by atoms with Crippen molar-refractivity contribution in [1.29, 1.82) is 0 Å². The van der Waals surface area contributed by atoms with Crippen molar-refractivity contribution in [2.24, 2.45) is 28.6 Å². The molecule has 0 radical (unpaired) electrons. The molecule has 0 aromatic rings. The first-order valence-corrected chi connectivity index (χ1v) is 12.1. The van der Waals surface area contributed by atoms with Crippen LogP contribution in [0.4, 0.5) is 0 Å². The van der Waals surface area contributed by atoms with E-state index in [0.29, 0.717) is 12.8 Å². The number of Topliss-reactive ketones (excluding diaryl/α,β-unsaturated/α-hetero) is 1. The fourth-order valence-electron chi connectivity index (χ4n) is 7.23. The number of ether oxygens (including phenoxy) is 1. The minimum Gasteiger partial charge on any atom is -0.481 e. The lowest BCUT2D eigenvalue weighted by Crippen LogP contribution is -2.61. The van der Waals surface area contributed by atoms with Gasteiger partial charge in [-0.15, -0.1) is 0 Å². The third-order valence-electron chi connectivity index (χ3n) is 9.02. The van der Waals surface area contributed by atoms with Crippen LogP contribution in [0.15, 0.2) is 23.8 Å². The molecule has 0 heterocycles. The van der Waals surface area contributed by atoms with Crippen LogP contribution in [0, 0.1) is 28.6 Å². The number of carbonyl (C=O) groups excluding carboxylic acids is 3. The van der Waals surface area contributed by atoms with Gasteiger partial charge in [-0.05, 0) is 56.1 Å². The van der Waals surface area contributed by atoms with Crippen molar-refractivity contribution >= 4 is 23.5 Å². The molecule has 0 bridgehead atoms. The van der Waals surface area contributed by atoms with Crippen molar-refractivity contribution < 1.29 is 44.3 Å². The lowest BCUT2D eigenvalue weighted by Gasteiger charge is -2.59. The van der Waals surface area contributed by atoms with Crippen LogP contribution < -0.4 is 0 Å². The van der Waals surface area contributed by atoms with Gasteiger partial charge in [-0.25, -0.2) is 0 Å². The Morgan fingerprint density at radius 3 is 2.46 bits per heavy atom. The summed E-state index contributed by atoms with van der Waals surface area (Å²) >= 11 is 0. The van der Waals surface area contributed by atoms with Gasteiger partial charge in [0.2, 0.25) is 0 Å². The molecule has 0 amide bonds. The molecule has 3 saturated carbocycles. The summed E-state index contributed by atoms with van der Waals surface area (Å²) in [4.78, 5) is 44.2. The van der Waals surface area contributed by atoms with Crippen LogP contribution in [0.1, 0.15) is 58.8 Å². The average molecular weight is 493 g/mol. The first-order chi connectivity index (χ1) is 16.3. The summed E-state index contributed by atoms with van der Waals surface area (Å²) in [7, 11) is 1.23. The van der Waals surface area contributed by atoms with Gasteiger partial charge in [-0.3, -0.25) is 19.2 Å². The van der Waals surface area contributed by atoms with Gasteiger partial charge in [0.05, 0.1) is 26.1 Å². The summed E-state index contributed by atoms with van der Waals surface area (Å²) < 4.78 is 4.20. The summed E-state index contributed by atoms with van der Waals surface area (Å²) in [5.41, 5.74) is -1.54. The highest BCUT2D eigenvalue weighted by atomic mass is 16.5. The normalized spacial score (nSPS) is 39.3. The molecule has 0 aromatic carbocycles. The topological polar surface area (TPSA) is 158 Å². The summed E-state index contributed by atoms with van der Waals surface area (Å²) in [6.45, 7) is 3.34. The molecule has 0 saturated heterocycles. The standard InChI is InChI=1S/C21H28O5.C5H8O4/c1-19-7-5-13(23)9-12(19)3-4-14-15-6-8-21(26,17(25)11-22)20(15,2)10-16(24)18(14)19;1-9-5(8)3-2-4(6)7/h5,7,9,14-16,18,22,24,26H,3-4,6,8,10-11H2,1-2H3;2-3H2,1H3,(H,6,7)/t14-,15-,16-,18+,19-,20-,21-;/m0./s1. The summed E-state index contributed by atoms with van der Waals surface area (Å²) in [5.74, 6) is -1.70. The number of allylic oxidation sites excluding steroid dienone is 4. The van der Waals surface area contributed by atoms with Crippen LogP contribution >= 0.6 is 0 Å². The quantitative estimate of drug-likeness (QED) is 0.418. The number of aliphatic hydroxyl groups is 3. The lowest BCUT2D eigenvalue weighted by molar-refractivity contribution is -0.178. The van der Waals surface area contributed by atoms with E-state index < -0.39 is 41.4 Å². The van der Waals surface area contributed by atoms with Crippen LogP contribution in [-0.2, 0) is 23.9 Å². The van der Waals surface area contributed by atoms with E-state index in [2.05, 4.69) is 11.7 Å². The molecule has 4 rings (SSSR count). The van der Waals surface area contributed by atoms with Gasteiger partial charge in [-0.2, -0.15) is 0 Å². The highest BCUT2D eigenvalue weighted by Crippen LogP contribution is 2.67. The fourth-order valence-corrected chi connectivity index (χ4v) is 7.23. The maximum Gasteiger partial charge on any atom is 0.306 e. The Hall–Kier alpha value is -2.36. The minimum atomic E-state index is -1.56. The van der Waals surface area contributed by atoms with E-state index in [4.69, 9.17) is 5.11 Å². The number of esters is 1. The first-order valence-electron chi connectivity index (χ1n) is 12.1. The van der Waals surface area contributed by atoms with Gasteiger partial charge in [0.15, 0.2) is 11.6 Å². The Labute approximate surface area is 204 Å². The lowest BCUT2D eigenvalue weighted by atomic mass is 9.46. The van der Waals surface area contributed by atoms with Gasteiger partial charge in [-0.1, -0.05) is 25.5 Å². The number of carbonyl (C=O) groups is 4. The number of ketones is 2. The maximum absolute atomic E-state index is 12.4. The second-order valence-corrected chi connectivity index (χ2v) is 10.7. The molecule has 0 aromatic heterocycles. The zero-order chi connectivity index (χ0) is 26.2. The van der Waals surface area contributed by atoms with E-state index in [0.717, 1.165) is 24.8 Å². The van der Waals surface area contributed by atoms with Crippen molar-refractivity contribution in [2.75, 3.05) is 13.7 Å². The van der Waals surface area contributed by atoms with E-state index >= 15 is 0 Å². The second kappa shape index (κ2) is 9.95. The number of hydrogen-bond acceptors (Lipinski definition) is 8. The van der Waals surface area contributed by atoms with E-state index in [-0.39, 0.29) is 41.8 Å². The molecule has 9 nitrogen and oxygen atoms in total. The number of rotatable bonds is 5. The number of methoxy groups -OCH3 is 1. The van der Waals surface area contributed by atoms with Crippen molar-refractivity contribution in [3.8, 4) is 0 Å². The molecule has 0 aliphatic heterocycles. The highest BCUT2D eigenvalue weighted by molar-refractivity contribution is 6.01. The third-order valence-corrected chi connectivity index (χ3v) is 9.02. The van der Waals surface area contributed by atoms with Crippen LogP contribution in [0.5, 0.6) is 0 Å². The van der Waals surface area contributed by atoms with Gasteiger partial charge in [0.1, 0.15) is 12.2 Å². The van der Waals surface area contributed by atoms with Gasteiger partial charge < -0.3 is 25.2 Å². The van der Waals surface area contributed by atoms with Crippen LogP contribution in [-0.4, -0.2) is 69.4 Å². The van der Waals surface area contributed by atoms with E-state index in [1.54, 1.807) is 12.2 Å². The largest absolute Gasteiger partial charge is 0.481 e. The van der Waals surface area contributed by atoms with E-state index in [9.17, 15) is 34.5 Å². The Morgan fingerprint density at radius 2 is 1.86 bits per heavy atom. The number of hydrogen-bond donors (Lipinski definition) is 4. The molecular weight excluding hydrogens is 456 g/mol. The van der Waals surface area contributed by atoms with Crippen LogP contribution in [0.2, 0.25) is 0 Å². The summed E-state index contributed by atoms with van der Waals surface area (Å²) in [6.07, 6.45) is 7.47. The molecule has 0 spiro atoms. The highest BCUT2D eigenvalue weighted by Gasteiger charge is 2.67. The van der Waals surface area contributed by atoms with Gasteiger partial charge in [0, 0.05) is 16.7 Å². The molecule has 7 atom stereocenters. The maximum atomic E-state index is 12.4. The van der Waals surface area contributed by atoms with Crippen molar-refractivity contribution in [3.05, 3.63) is 23.8 Å². The molecule has 9 heteroatoms. The Morgan fingerprint density at radius 1 is 1.17 bits per heavy atom. The number of aliphatic hydroxyl groups excluding tert-OH is 2. The van der Waals surface area contributed by atoms with Gasteiger partial charge in [0.25, 0.3) is 0 Å². The Kier molecular flexibility index (Phi) is 7.74. The van der Waals surface area contributed by atoms with Crippen molar-refractivity contribution in [2.45, 2.75) is 70.5 Å². The second-order valence-electron chi connectivity index (χ2n) is 10.7. The van der Waals surface area contributed by atoms with E-state index in [1.807, 2.05) is 13.0 Å². The number of carboxylic acid groups (broad SMARTS) is 1. The molecule has 35 heavy (non-hydrogen) atoms. The number of aliphatic carboxylic acids is 1. The molecule has 4 N–H and O–H groups in total. The molecular formula is C26H36O9. The smallest absolute Gasteiger partial charge is 0.306 e. The monoisotopic (exact) mass is 492 g/mol. The summed E-state index contributed by atoms with van der Waals surface area (Å²) in [5, 5.41) is 39.7. The predicted molar refractivity (Wildman–Crippen MR) is 124 cm³/mol. The van der Waals surface area contributed by atoms with Crippen molar-refractivity contribution in [1.82, 2.24) is 0 Å². The molecule has 4 aliphatic rings. The SMILES string of the molecule is COC(=O)CCC(=O)O.C[C@]12C=CC(=O)C=C1CC[C@@H]1[C@@H]2[C@@H](O)C[C@@]2(C)[C@H]1CC[C@]2(O)C(=O)CO. The van der Waals surface area contributed by atoms with Crippen LogP contribution in [0.3, 0.4) is 0 Å². The fraction of sp³-hybridized carbons (Fsp3) is 0.692. The van der Waals surface area contributed by atoms with Crippen LogP contribution in [0.25, 0.3) is 0 Å². The predicted octanol–water partition coefficient (Wildman–Crippen LogP) is 1.58. The van der Waals surface area contributed by atoms with Crippen molar-refractivity contribution in [3.63, 3.8) is 0 Å². The molecule has 194 valence electrons. The number of carboxylic acids is 1. The number of fused-ring (bicyclic) bond motifs is 5. The van der Waals surface area contributed by atoms with E-state index in [1.165, 1.54) is 7.11 Å². The molecule has 4 aliphatic carbocycles. The zero-order valence-electron chi connectivity index (χ0n) is 20.5. The summed E-state index contributed by atoms with van der Waals surface area (Å²) in [6, 6.07) is 0. The first kappa shape index (κ1) is 27.2. The Balaban J connectivity index is 0.000000327. The molecule has 3 fully saturated rings. The third kappa shape index (κ3) is 4.61. The minimum absolute atomic E-state index is 0.00912. The molecule has 0 unspecified atom stereocenters. The Bertz CT molecular complexity index is 952. The average Bonchev–Trinajstić information content (AvgIpc) is 3.08. The van der Waals surface area contributed by atoms with Gasteiger partial charge >= 0.3 is 11.9 Å². The zero-order valence-corrected chi connectivity index (χ0v) is 20.5.